The Labute approximate surface area is 158 Å². The van der Waals surface area contributed by atoms with Crippen LogP contribution in [0.3, 0.4) is 0 Å². The number of rotatable bonds is 6. The fraction of sp³-hybridized carbons (Fsp3) is 0.529. The van der Waals surface area contributed by atoms with Crippen LogP contribution in [0.5, 0.6) is 0 Å². The van der Waals surface area contributed by atoms with Gasteiger partial charge >= 0.3 is 5.97 Å². The maximum atomic E-state index is 12.9. The van der Waals surface area contributed by atoms with E-state index in [0.29, 0.717) is 19.6 Å². The molecule has 1 saturated heterocycles. The summed E-state index contributed by atoms with van der Waals surface area (Å²) in [6, 6.07) is 3.93. The molecule has 0 spiro atoms. The highest BCUT2D eigenvalue weighted by molar-refractivity contribution is 7.89. The summed E-state index contributed by atoms with van der Waals surface area (Å²) >= 11 is 6.09. The van der Waals surface area contributed by atoms with Gasteiger partial charge in [-0.25, -0.2) is 13.2 Å². The van der Waals surface area contributed by atoms with Crippen LogP contribution in [-0.4, -0.2) is 50.8 Å². The highest BCUT2D eigenvalue weighted by Gasteiger charge is 2.31. The van der Waals surface area contributed by atoms with E-state index in [4.69, 9.17) is 16.3 Å². The van der Waals surface area contributed by atoms with Gasteiger partial charge in [-0.1, -0.05) is 18.5 Å². The Bertz CT molecular complexity index is 781. The summed E-state index contributed by atoms with van der Waals surface area (Å²) in [7, 11) is -3.81. The van der Waals surface area contributed by atoms with Crippen molar-refractivity contribution in [1.82, 2.24) is 9.62 Å². The number of carbonyl (C=O) groups excluding carboxylic acids is 2. The lowest BCUT2D eigenvalue weighted by Crippen LogP contribution is -2.39. The molecule has 1 N–H and O–H groups in total. The molecule has 0 bridgehead atoms. The largest absolute Gasteiger partial charge is 0.452 e. The van der Waals surface area contributed by atoms with E-state index in [-0.39, 0.29) is 21.4 Å². The van der Waals surface area contributed by atoms with Gasteiger partial charge in [0.25, 0.3) is 5.91 Å². The quantitative estimate of drug-likeness (QED) is 0.735. The molecule has 1 aliphatic rings. The zero-order chi connectivity index (χ0) is 19.3. The molecule has 144 valence electrons. The Kier molecular flexibility index (Phi) is 7.02. The second-order valence-corrected chi connectivity index (χ2v) is 8.60. The first-order chi connectivity index (χ1) is 12.3. The van der Waals surface area contributed by atoms with Crippen molar-refractivity contribution in [1.29, 1.82) is 0 Å². The number of halogens is 1. The number of carbonyl (C=O) groups is 2. The van der Waals surface area contributed by atoms with Gasteiger partial charge in [0.15, 0.2) is 6.61 Å². The van der Waals surface area contributed by atoms with Crippen LogP contribution in [0.2, 0.25) is 5.02 Å². The molecule has 1 atom stereocenters. The van der Waals surface area contributed by atoms with Gasteiger partial charge in [0, 0.05) is 19.6 Å². The number of amides is 1. The first-order valence-electron chi connectivity index (χ1n) is 8.49. The van der Waals surface area contributed by atoms with Gasteiger partial charge in [-0.3, -0.25) is 4.79 Å². The molecule has 0 aromatic heterocycles. The number of hydrogen-bond donors (Lipinski definition) is 1. The maximum absolute atomic E-state index is 12.9. The average Bonchev–Trinajstić information content (AvgIpc) is 2.60. The van der Waals surface area contributed by atoms with Gasteiger partial charge in [0.05, 0.1) is 10.6 Å². The Morgan fingerprint density at radius 3 is 2.77 bits per heavy atom. The van der Waals surface area contributed by atoms with Crippen molar-refractivity contribution in [3.8, 4) is 0 Å². The SMILES string of the molecule is CCNC(=O)COC(=O)c1ccc(Cl)c(S(=O)(=O)N2CCCC(C)C2)c1. The van der Waals surface area contributed by atoms with Crippen LogP contribution in [0.1, 0.15) is 37.0 Å². The molecule has 1 aromatic rings. The standard InChI is InChI=1S/C17H23ClN2O5S/c1-3-19-16(21)11-25-17(22)13-6-7-14(18)15(9-13)26(23,24)20-8-4-5-12(2)10-20/h6-7,9,12H,3-5,8,10-11H2,1-2H3,(H,19,21). The zero-order valence-electron chi connectivity index (χ0n) is 14.8. The molecule has 1 fully saturated rings. The number of ether oxygens (including phenoxy) is 1. The summed E-state index contributed by atoms with van der Waals surface area (Å²) in [5.74, 6) is -0.941. The lowest BCUT2D eigenvalue weighted by atomic mass is 10.0. The minimum absolute atomic E-state index is 0.0299. The lowest BCUT2D eigenvalue weighted by Gasteiger charge is -2.30. The zero-order valence-corrected chi connectivity index (χ0v) is 16.4. The third-order valence-electron chi connectivity index (χ3n) is 4.11. The second-order valence-electron chi connectivity index (χ2n) is 6.29. The number of hydrogen-bond acceptors (Lipinski definition) is 5. The molecule has 1 aliphatic heterocycles. The molecule has 0 radical (unpaired) electrons. The van der Waals surface area contributed by atoms with Crippen molar-refractivity contribution in [3.63, 3.8) is 0 Å². The van der Waals surface area contributed by atoms with E-state index in [0.717, 1.165) is 12.8 Å². The molecule has 9 heteroatoms. The molecule has 1 heterocycles. The summed E-state index contributed by atoms with van der Waals surface area (Å²) in [4.78, 5) is 23.4. The molecule has 0 aliphatic carbocycles. The molecule has 26 heavy (non-hydrogen) atoms. The van der Waals surface area contributed by atoms with Gasteiger partial charge in [0.2, 0.25) is 10.0 Å². The first kappa shape index (κ1) is 20.7. The van der Waals surface area contributed by atoms with E-state index in [1.807, 2.05) is 6.92 Å². The minimum Gasteiger partial charge on any atom is -0.452 e. The van der Waals surface area contributed by atoms with Crippen LogP contribution in [-0.2, 0) is 19.6 Å². The number of nitrogens with one attached hydrogen (secondary N) is 1. The third-order valence-corrected chi connectivity index (χ3v) is 6.46. The lowest BCUT2D eigenvalue weighted by molar-refractivity contribution is -0.124. The number of sulfonamides is 1. The van der Waals surface area contributed by atoms with Gasteiger partial charge in [0.1, 0.15) is 4.90 Å². The summed E-state index contributed by atoms with van der Waals surface area (Å²) in [5.41, 5.74) is 0.0299. The van der Waals surface area contributed by atoms with E-state index in [9.17, 15) is 18.0 Å². The van der Waals surface area contributed by atoms with E-state index in [1.165, 1.54) is 22.5 Å². The van der Waals surface area contributed by atoms with E-state index < -0.39 is 28.5 Å². The van der Waals surface area contributed by atoms with Gasteiger partial charge in [-0.2, -0.15) is 4.31 Å². The third kappa shape index (κ3) is 4.96. The van der Waals surface area contributed by atoms with Crippen LogP contribution in [0.15, 0.2) is 23.1 Å². The number of nitrogens with zero attached hydrogens (tertiary/aromatic N) is 1. The highest BCUT2D eigenvalue weighted by Crippen LogP contribution is 2.29. The number of likely N-dealkylation sites (N-methyl/N-ethyl adjacent to an activating group) is 1. The summed E-state index contributed by atoms with van der Waals surface area (Å²) in [5, 5.41) is 2.55. The number of piperidine rings is 1. The molecule has 1 unspecified atom stereocenters. The monoisotopic (exact) mass is 402 g/mol. The maximum Gasteiger partial charge on any atom is 0.338 e. The molecule has 1 aromatic carbocycles. The van der Waals surface area contributed by atoms with Gasteiger partial charge in [-0.05, 0) is 43.9 Å². The smallest absolute Gasteiger partial charge is 0.338 e. The Morgan fingerprint density at radius 1 is 1.38 bits per heavy atom. The minimum atomic E-state index is -3.81. The van der Waals surface area contributed by atoms with Crippen molar-refractivity contribution in [2.24, 2.45) is 5.92 Å². The van der Waals surface area contributed by atoms with Crippen LogP contribution < -0.4 is 5.32 Å². The fourth-order valence-electron chi connectivity index (χ4n) is 2.79. The second kappa shape index (κ2) is 8.83. The topological polar surface area (TPSA) is 92.8 Å². The normalized spacial score (nSPS) is 18.3. The van der Waals surface area contributed by atoms with Crippen LogP contribution >= 0.6 is 11.6 Å². The van der Waals surface area contributed by atoms with Crippen LogP contribution in [0.25, 0.3) is 0 Å². The molecule has 1 amide bonds. The summed E-state index contributed by atoms with van der Waals surface area (Å²) in [6.45, 7) is 4.59. The van der Waals surface area contributed by atoms with Crippen molar-refractivity contribution in [3.05, 3.63) is 28.8 Å². The van der Waals surface area contributed by atoms with Crippen LogP contribution in [0.4, 0.5) is 0 Å². The average molecular weight is 403 g/mol. The number of esters is 1. The summed E-state index contributed by atoms with van der Waals surface area (Å²) < 4.78 is 32.1. The summed E-state index contributed by atoms with van der Waals surface area (Å²) in [6.07, 6.45) is 1.76. The molecule has 0 saturated carbocycles. The first-order valence-corrected chi connectivity index (χ1v) is 10.3. The van der Waals surface area contributed by atoms with E-state index >= 15 is 0 Å². The Balaban J connectivity index is 2.21. The van der Waals surface area contributed by atoms with Crippen molar-refractivity contribution in [2.45, 2.75) is 31.6 Å². The van der Waals surface area contributed by atoms with Crippen LogP contribution in [0, 0.1) is 5.92 Å². The van der Waals surface area contributed by atoms with Gasteiger partial charge in [-0.15, -0.1) is 0 Å². The predicted molar refractivity (Wildman–Crippen MR) is 97.6 cm³/mol. The Morgan fingerprint density at radius 2 is 2.12 bits per heavy atom. The molecule has 2 rings (SSSR count). The molecular formula is C17H23ClN2O5S. The Hall–Kier alpha value is -1.64. The van der Waals surface area contributed by atoms with Crippen molar-refractivity contribution in [2.75, 3.05) is 26.2 Å². The van der Waals surface area contributed by atoms with E-state index in [1.54, 1.807) is 6.92 Å². The predicted octanol–water partition coefficient (Wildman–Crippen LogP) is 2.05. The highest BCUT2D eigenvalue weighted by atomic mass is 35.5. The fourth-order valence-corrected chi connectivity index (χ4v) is 4.89. The van der Waals surface area contributed by atoms with Gasteiger partial charge < -0.3 is 10.1 Å². The number of benzene rings is 1. The van der Waals surface area contributed by atoms with Crippen molar-refractivity contribution < 1.29 is 22.7 Å². The molecular weight excluding hydrogens is 380 g/mol. The molecule has 7 nitrogen and oxygen atoms in total. The van der Waals surface area contributed by atoms with Crippen molar-refractivity contribution >= 4 is 33.5 Å². The van der Waals surface area contributed by atoms with E-state index in [2.05, 4.69) is 5.32 Å².